The molecule has 0 aliphatic rings. The van der Waals surface area contributed by atoms with Gasteiger partial charge in [-0.1, -0.05) is 42.5 Å². The molecule has 1 heterocycles. The Labute approximate surface area is 113 Å². The average Bonchev–Trinajstić information content (AvgIpc) is 2.41. The highest BCUT2D eigenvalue weighted by Crippen LogP contribution is 2.26. The Bertz CT molecular complexity index is 660. The normalized spacial score (nSPS) is 11.9. The Balaban J connectivity index is 2.17. The minimum Gasteiger partial charge on any atom is -0.268 e. The van der Waals surface area contributed by atoms with E-state index in [9.17, 15) is 18.0 Å². The van der Waals surface area contributed by atoms with E-state index < -0.39 is 17.4 Å². The van der Waals surface area contributed by atoms with Gasteiger partial charge in [-0.3, -0.25) is 4.79 Å². The first kappa shape index (κ1) is 14.0. The summed E-state index contributed by atoms with van der Waals surface area (Å²) in [6.45, 7) is -0.0162. The van der Waals surface area contributed by atoms with E-state index in [0.717, 1.165) is 16.3 Å². The van der Waals surface area contributed by atoms with Gasteiger partial charge in [-0.25, -0.2) is 4.68 Å². The highest BCUT2D eigenvalue weighted by Gasteiger charge is 2.33. The summed E-state index contributed by atoms with van der Waals surface area (Å²) in [5.74, 6) is 0. The second kappa shape index (κ2) is 5.73. The summed E-state index contributed by atoms with van der Waals surface area (Å²) in [5.41, 5.74) is -0.756. The lowest BCUT2D eigenvalue weighted by Crippen LogP contribution is -2.25. The van der Waals surface area contributed by atoms with Gasteiger partial charge in [0.05, 0.1) is 6.54 Å². The molecule has 20 heavy (non-hydrogen) atoms. The van der Waals surface area contributed by atoms with Crippen molar-refractivity contribution in [2.75, 3.05) is 0 Å². The summed E-state index contributed by atoms with van der Waals surface area (Å²) in [5, 5.41) is 3.30. The summed E-state index contributed by atoms with van der Waals surface area (Å²) in [4.78, 5) is 11.4. The Morgan fingerprint density at radius 2 is 1.80 bits per heavy atom. The van der Waals surface area contributed by atoms with Crippen LogP contribution in [0.4, 0.5) is 13.2 Å². The van der Waals surface area contributed by atoms with E-state index in [1.165, 1.54) is 0 Å². The van der Waals surface area contributed by atoms with Gasteiger partial charge in [0, 0.05) is 6.07 Å². The molecule has 0 amide bonds. The fraction of sp³-hybridized carbons (Fsp3) is 0.143. The van der Waals surface area contributed by atoms with E-state index in [2.05, 4.69) is 5.10 Å². The lowest BCUT2D eigenvalue weighted by Gasteiger charge is -2.07. The molecule has 3 nitrogen and oxygen atoms in total. The van der Waals surface area contributed by atoms with Crippen molar-refractivity contribution in [3.05, 3.63) is 70.2 Å². The van der Waals surface area contributed by atoms with Crippen LogP contribution >= 0.6 is 0 Å². The molecule has 0 N–H and O–H groups in total. The maximum Gasteiger partial charge on any atom is 0.435 e. The first-order chi connectivity index (χ1) is 9.47. The molecule has 0 atom stereocenters. The molecule has 0 fully saturated rings. The van der Waals surface area contributed by atoms with Gasteiger partial charge < -0.3 is 0 Å². The lowest BCUT2D eigenvalue weighted by atomic mass is 10.2. The standard InChI is InChI=1S/C14H11F3N2O/c15-14(16,17)12-8-9-13(20)19(18-12)10-4-7-11-5-2-1-3-6-11/h1-9H,10H2. The van der Waals surface area contributed by atoms with Gasteiger partial charge in [0.2, 0.25) is 0 Å². The van der Waals surface area contributed by atoms with E-state index >= 15 is 0 Å². The molecule has 104 valence electrons. The predicted octanol–water partition coefficient (Wildman–Crippen LogP) is 2.98. The van der Waals surface area contributed by atoms with Crippen LogP contribution in [-0.2, 0) is 12.7 Å². The van der Waals surface area contributed by atoms with Crippen LogP contribution in [0.25, 0.3) is 6.08 Å². The molecule has 2 aromatic rings. The van der Waals surface area contributed by atoms with Gasteiger partial charge in [0.25, 0.3) is 5.56 Å². The second-order valence-corrected chi connectivity index (χ2v) is 4.05. The molecule has 0 unspecified atom stereocenters. The number of rotatable bonds is 3. The van der Waals surface area contributed by atoms with E-state index in [-0.39, 0.29) is 6.54 Å². The van der Waals surface area contributed by atoms with Gasteiger partial charge in [0.1, 0.15) is 0 Å². The Morgan fingerprint density at radius 1 is 1.10 bits per heavy atom. The van der Waals surface area contributed by atoms with E-state index in [0.29, 0.717) is 6.07 Å². The van der Waals surface area contributed by atoms with Gasteiger partial charge in [-0.15, -0.1) is 0 Å². The summed E-state index contributed by atoms with van der Waals surface area (Å²) in [7, 11) is 0. The number of benzene rings is 1. The Kier molecular flexibility index (Phi) is 4.02. The highest BCUT2D eigenvalue weighted by molar-refractivity contribution is 5.48. The van der Waals surface area contributed by atoms with Crippen molar-refractivity contribution in [2.45, 2.75) is 12.7 Å². The fourth-order valence-corrected chi connectivity index (χ4v) is 1.58. The largest absolute Gasteiger partial charge is 0.435 e. The van der Waals surface area contributed by atoms with Crippen LogP contribution in [-0.4, -0.2) is 9.78 Å². The van der Waals surface area contributed by atoms with Crippen LogP contribution in [0.15, 0.2) is 53.3 Å². The minimum absolute atomic E-state index is 0.0162. The molecule has 2 rings (SSSR count). The van der Waals surface area contributed by atoms with Crippen LogP contribution in [0.3, 0.4) is 0 Å². The van der Waals surface area contributed by atoms with Crippen molar-refractivity contribution < 1.29 is 13.2 Å². The van der Waals surface area contributed by atoms with E-state index in [1.54, 1.807) is 12.2 Å². The van der Waals surface area contributed by atoms with Gasteiger partial charge in [-0.05, 0) is 11.6 Å². The smallest absolute Gasteiger partial charge is 0.268 e. The van der Waals surface area contributed by atoms with Crippen LogP contribution in [0.1, 0.15) is 11.3 Å². The number of allylic oxidation sites excluding steroid dienone is 1. The quantitative estimate of drug-likeness (QED) is 0.866. The lowest BCUT2D eigenvalue weighted by molar-refractivity contribution is -0.142. The monoisotopic (exact) mass is 280 g/mol. The molecule has 6 heteroatoms. The van der Waals surface area contributed by atoms with Gasteiger partial charge in [0.15, 0.2) is 5.69 Å². The predicted molar refractivity (Wildman–Crippen MR) is 69.0 cm³/mol. The molecular formula is C14H11F3N2O. The van der Waals surface area contributed by atoms with Gasteiger partial charge >= 0.3 is 6.18 Å². The Hall–Kier alpha value is -2.37. The minimum atomic E-state index is -4.56. The van der Waals surface area contributed by atoms with Crippen LogP contribution < -0.4 is 5.56 Å². The zero-order chi connectivity index (χ0) is 14.6. The number of alkyl halides is 3. The molecule has 0 aliphatic carbocycles. The molecule has 0 radical (unpaired) electrons. The zero-order valence-electron chi connectivity index (χ0n) is 10.3. The van der Waals surface area contributed by atoms with Crippen LogP contribution in [0, 0.1) is 0 Å². The number of nitrogens with zero attached hydrogens (tertiary/aromatic N) is 2. The fourth-order valence-electron chi connectivity index (χ4n) is 1.58. The molecule has 0 saturated carbocycles. The van der Waals surface area contributed by atoms with Gasteiger partial charge in [-0.2, -0.15) is 18.3 Å². The second-order valence-electron chi connectivity index (χ2n) is 4.05. The first-order valence-corrected chi connectivity index (χ1v) is 5.84. The third-order valence-electron chi connectivity index (χ3n) is 2.55. The molecule has 0 spiro atoms. The first-order valence-electron chi connectivity index (χ1n) is 5.84. The maximum atomic E-state index is 12.5. The maximum absolute atomic E-state index is 12.5. The van der Waals surface area contributed by atoms with Crippen LogP contribution in [0.5, 0.6) is 0 Å². The van der Waals surface area contributed by atoms with Crippen molar-refractivity contribution in [1.82, 2.24) is 9.78 Å². The molecule has 0 bridgehead atoms. The van der Waals surface area contributed by atoms with E-state index in [4.69, 9.17) is 0 Å². The van der Waals surface area contributed by atoms with Crippen LogP contribution in [0.2, 0.25) is 0 Å². The summed E-state index contributed by atoms with van der Waals surface area (Å²) in [6, 6.07) is 10.8. The third-order valence-corrected chi connectivity index (χ3v) is 2.55. The van der Waals surface area contributed by atoms with Crippen molar-refractivity contribution in [2.24, 2.45) is 0 Å². The molecule has 1 aromatic heterocycles. The molecule has 0 aliphatic heterocycles. The molecule has 1 aromatic carbocycles. The van der Waals surface area contributed by atoms with E-state index in [1.807, 2.05) is 30.3 Å². The number of aromatic nitrogens is 2. The summed E-state index contributed by atoms with van der Waals surface area (Å²) < 4.78 is 38.3. The van der Waals surface area contributed by atoms with Crippen molar-refractivity contribution in [1.29, 1.82) is 0 Å². The highest BCUT2D eigenvalue weighted by atomic mass is 19.4. The topological polar surface area (TPSA) is 34.9 Å². The van der Waals surface area contributed by atoms with Crippen molar-refractivity contribution >= 4 is 6.08 Å². The average molecular weight is 280 g/mol. The summed E-state index contributed by atoms with van der Waals surface area (Å²) >= 11 is 0. The Morgan fingerprint density at radius 3 is 2.45 bits per heavy atom. The van der Waals surface area contributed by atoms with Crippen molar-refractivity contribution in [3.8, 4) is 0 Å². The van der Waals surface area contributed by atoms with Crippen molar-refractivity contribution in [3.63, 3.8) is 0 Å². The number of hydrogen-bond acceptors (Lipinski definition) is 2. The third kappa shape index (κ3) is 3.57. The number of hydrogen-bond donors (Lipinski definition) is 0. The zero-order valence-corrected chi connectivity index (χ0v) is 10.3. The summed E-state index contributed by atoms with van der Waals surface area (Å²) in [6.07, 6.45) is -1.25. The molecule has 0 saturated heterocycles. The number of halogens is 3. The SMILES string of the molecule is O=c1ccc(C(F)(F)F)nn1CC=Cc1ccccc1. The molecular weight excluding hydrogens is 269 g/mol.